The third-order valence-corrected chi connectivity index (χ3v) is 2.55. The zero-order valence-electron chi connectivity index (χ0n) is 8.51. The summed E-state index contributed by atoms with van der Waals surface area (Å²) in [4.78, 5) is 11.0. The largest absolute Gasteiger partial charge is 0.423 e. The molecule has 1 aliphatic heterocycles. The van der Waals surface area contributed by atoms with Gasteiger partial charge in [0.25, 0.3) is 0 Å². The molecule has 0 atom stereocenters. The van der Waals surface area contributed by atoms with Crippen LogP contribution in [0, 0.1) is 0 Å². The zero-order valence-corrected chi connectivity index (χ0v) is 8.51. The van der Waals surface area contributed by atoms with Crippen LogP contribution in [0.25, 0.3) is 11.0 Å². The molecule has 0 unspecified atom stereocenters. The Hall–Kier alpha value is -2.23. The van der Waals surface area contributed by atoms with Gasteiger partial charge in [0.1, 0.15) is 5.58 Å². The maximum absolute atomic E-state index is 11.0. The molecule has 2 heterocycles. The predicted molar refractivity (Wildman–Crippen MR) is 62.1 cm³/mol. The van der Waals surface area contributed by atoms with Crippen LogP contribution >= 0.6 is 0 Å². The Labute approximate surface area is 91.8 Å². The Balaban J connectivity index is 2.09. The van der Waals surface area contributed by atoms with E-state index in [1.54, 1.807) is 6.07 Å². The lowest BCUT2D eigenvalue weighted by atomic mass is 10.2. The molecular formula is C12H10N2O2. The third kappa shape index (κ3) is 1.44. The van der Waals surface area contributed by atoms with E-state index in [1.165, 1.54) is 6.07 Å². The lowest BCUT2D eigenvalue weighted by molar-refractivity contribution is 0.561. The first kappa shape index (κ1) is 9.03. The Kier molecular flexibility index (Phi) is 1.93. The first-order valence-electron chi connectivity index (χ1n) is 5.05. The number of anilines is 1. The Morgan fingerprint density at radius 3 is 3.00 bits per heavy atom. The quantitative estimate of drug-likeness (QED) is 0.733. The van der Waals surface area contributed by atoms with Crippen molar-refractivity contribution in [3.63, 3.8) is 0 Å². The van der Waals surface area contributed by atoms with E-state index in [2.05, 4.69) is 5.43 Å². The Morgan fingerprint density at radius 2 is 2.19 bits per heavy atom. The van der Waals surface area contributed by atoms with Crippen LogP contribution in [0.3, 0.4) is 0 Å². The Bertz CT molecular complexity index is 608. The van der Waals surface area contributed by atoms with Gasteiger partial charge in [0, 0.05) is 17.7 Å². The smallest absolute Gasteiger partial charge is 0.336 e. The molecule has 1 N–H and O–H groups in total. The van der Waals surface area contributed by atoms with Gasteiger partial charge in [-0.3, -0.25) is 5.01 Å². The Morgan fingerprint density at radius 1 is 1.25 bits per heavy atom. The molecule has 3 rings (SSSR count). The molecule has 0 amide bonds. The van der Waals surface area contributed by atoms with E-state index in [1.807, 2.05) is 35.5 Å². The van der Waals surface area contributed by atoms with Crippen LogP contribution in [0.2, 0.25) is 0 Å². The minimum Gasteiger partial charge on any atom is -0.423 e. The standard InChI is InChI=1S/C12H10N2O2/c15-12-5-2-9-8-10(3-4-11(9)16-12)14-7-1-6-13-14/h1-6,8,13H,7H2. The van der Waals surface area contributed by atoms with Crippen LogP contribution in [-0.4, -0.2) is 6.54 Å². The molecule has 0 spiro atoms. The third-order valence-electron chi connectivity index (χ3n) is 2.55. The summed E-state index contributed by atoms with van der Waals surface area (Å²) < 4.78 is 5.07. The van der Waals surface area contributed by atoms with Crippen LogP contribution in [0.5, 0.6) is 0 Å². The van der Waals surface area contributed by atoms with E-state index < -0.39 is 0 Å². The van der Waals surface area contributed by atoms with Crippen molar-refractivity contribution >= 4 is 16.7 Å². The first-order chi connectivity index (χ1) is 7.83. The molecule has 0 aliphatic carbocycles. The summed E-state index contributed by atoms with van der Waals surface area (Å²) in [5, 5.41) is 2.93. The monoisotopic (exact) mass is 214 g/mol. The highest BCUT2D eigenvalue weighted by atomic mass is 16.4. The summed E-state index contributed by atoms with van der Waals surface area (Å²) in [5.74, 6) is 0. The van der Waals surface area contributed by atoms with E-state index in [-0.39, 0.29) is 5.63 Å². The summed E-state index contributed by atoms with van der Waals surface area (Å²) in [6.07, 6.45) is 3.94. The molecule has 80 valence electrons. The minimum absolute atomic E-state index is 0.318. The van der Waals surface area contributed by atoms with Crippen molar-refractivity contribution in [2.24, 2.45) is 0 Å². The van der Waals surface area contributed by atoms with E-state index in [9.17, 15) is 4.79 Å². The fourth-order valence-electron chi connectivity index (χ4n) is 1.76. The van der Waals surface area contributed by atoms with Gasteiger partial charge in [0.05, 0.1) is 12.2 Å². The lowest BCUT2D eigenvalue weighted by Gasteiger charge is -2.18. The molecule has 2 aromatic rings. The second-order valence-electron chi connectivity index (χ2n) is 3.62. The second kappa shape index (κ2) is 3.41. The molecule has 0 radical (unpaired) electrons. The number of hydrazine groups is 1. The summed E-state index contributed by atoms with van der Waals surface area (Å²) in [6.45, 7) is 0.836. The lowest BCUT2D eigenvalue weighted by Crippen LogP contribution is -2.29. The van der Waals surface area contributed by atoms with Gasteiger partial charge in [-0.25, -0.2) is 4.79 Å². The SMILES string of the molecule is O=c1ccc2cc(N3CC=CN3)ccc2o1. The fraction of sp³-hybridized carbons (Fsp3) is 0.0833. The average molecular weight is 214 g/mol. The van der Waals surface area contributed by atoms with E-state index >= 15 is 0 Å². The van der Waals surface area contributed by atoms with Gasteiger partial charge < -0.3 is 9.84 Å². The number of hydrogen-bond donors (Lipinski definition) is 1. The van der Waals surface area contributed by atoms with Crippen molar-refractivity contribution in [2.45, 2.75) is 0 Å². The van der Waals surface area contributed by atoms with Gasteiger partial charge in [-0.15, -0.1) is 0 Å². The minimum atomic E-state index is -0.318. The van der Waals surface area contributed by atoms with Crippen molar-refractivity contribution in [3.05, 3.63) is 53.0 Å². The molecule has 4 heteroatoms. The highest BCUT2D eigenvalue weighted by Crippen LogP contribution is 2.20. The fourth-order valence-corrected chi connectivity index (χ4v) is 1.76. The number of nitrogens with one attached hydrogen (secondary N) is 1. The topological polar surface area (TPSA) is 45.5 Å². The number of benzene rings is 1. The maximum atomic E-state index is 11.0. The molecule has 0 saturated carbocycles. The average Bonchev–Trinajstić information content (AvgIpc) is 2.82. The van der Waals surface area contributed by atoms with Crippen molar-refractivity contribution in [1.29, 1.82) is 0 Å². The molecule has 4 nitrogen and oxygen atoms in total. The van der Waals surface area contributed by atoms with Crippen LogP contribution in [0.15, 0.2) is 51.8 Å². The molecule has 0 saturated heterocycles. The summed E-state index contributed by atoms with van der Waals surface area (Å²) in [7, 11) is 0. The first-order valence-corrected chi connectivity index (χ1v) is 5.05. The number of hydrogen-bond acceptors (Lipinski definition) is 4. The molecule has 0 bridgehead atoms. The van der Waals surface area contributed by atoms with Crippen LogP contribution in [0.4, 0.5) is 5.69 Å². The molecule has 1 aromatic heterocycles. The highest BCUT2D eigenvalue weighted by molar-refractivity contribution is 5.80. The van der Waals surface area contributed by atoms with Gasteiger partial charge in [-0.1, -0.05) is 0 Å². The second-order valence-corrected chi connectivity index (χ2v) is 3.62. The number of fused-ring (bicyclic) bond motifs is 1. The van der Waals surface area contributed by atoms with Crippen molar-refractivity contribution in [3.8, 4) is 0 Å². The van der Waals surface area contributed by atoms with Gasteiger partial charge in [-0.2, -0.15) is 0 Å². The van der Waals surface area contributed by atoms with Crippen molar-refractivity contribution < 1.29 is 4.42 Å². The summed E-state index contributed by atoms with van der Waals surface area (Å²) in [5.41, 5.74) is 4.45. The zero-order chi connectivity index (χ0) is 11.0. The normalized spacial score (nSPS) is 14.4. The maximum Gasteiger partial charge on any atom is 0.336 e. The molecular weight excluding hydrogens is 204 g/mol. The number of nitrogens with zero attached hydrogens (tertiary/aromatic N) is 1. The van der Waals surface area contributed by atoms with Gasteiger partial charge >= 0.3 is 5.63 Å². The van der Waals surface area contributed by atoms with E-state index in [0.29, 0.717) is 5.58 Å². The van der Waals surface area contributed by atoms with E-state index in [4.69, 9.17) is 4.42 Å². The van der Waals surface area contributed by atoms with Gasteiger partial charge in [-0.05, 0) is 30.3 Å². The summed E-state index contributed by atoms with van der Waals surface area (Å²) in [6, 6.07) is 8.92. The highest BCUT2D eigenvalue weighted by Gasteiger charge is 2.07. The molecule has 1 aliphatic rings. The van der Waals surface area contributed by atoms with Crippen molar-refractivity contribution in [1.82, 2.24) is 5.43 Å². The van der Waals surface area contributed by atoms with Gasteiger partial charge in [0.15, 0.2) is 0 Å². The van der Waals surface area contributed by atoms with Crippen LogP contribution < -0.4 is 16.1 Å². The predicted octanol–water partition coefficient (Wildman–Crippen LogP) is 1.63. The van der Waals surface area contributed by atoms with E-state index in [0.717, 1.165) is 17.6 Å². The van der Waals surface area contributed by atoms with Crippen molar-refractivity contribution in [2.75, 3.05) is 11.6 Å². The van der Waals surface area contributed by atoms with Gasteiger partial charge in [0.2, 0.25) is 0 Å². The molecule has 1 aromatic carbocycles. The molecule has 16 heavy (non-hydrogen) atoms. The molecule has 0 fully saturated rings. The number of rotatable bonds is 1. The summed E-state index contributed by atoms with van der Waals surface area (Å²) >= 11 is 0. The van der Waals surface area contributed by atoms with Crippen LogP contribution in [-0.2, 0) is 0 Å². The van der Waals surface area contributed by atoms with Crippen LogP contribution in [0.1, 0.15) is 0 Å².